The molecule has 0 spiro atoms. The van der Waals surface area contributed by atoms with Crippen LogP contribution >= 0.6 is 0 Å². The van der Waals surface area contributed by atoms with Gasteiger partial charge in [-0.15, -0.1) is 0 Å². The van der Waals surface area contributed by atoms with E-state index in [2.05, 4.69) is 15.3 Å². The van der Waals surface area contributed by atoms with Crippen LogP contribution in [0.25, 0.3) is 22.4 Å². The Morgan fingerprint density at radius 1 is 1.08 bits per heavy atom. The third-order valence-corrected chi connectivity index (χ3v) is 9.80. The van der Waals surface area contributed by atoms with Gasteiger partial charge in [-0.1, -0.05) is 18.2 Å². The maximum absolute atomic E-state index is 15.0. The Kier molecular flexibility index (Phi) is 4.49. The molecule has 3 heterocycles. The molecule has 6 nitrogen and oxygen atoms in total. The van der Waals surface area contributed by atoms with E-state index in [0.717, 1.165) is 43.4 Å². The summed E-state index contributed by atoms with van der Waals surface area (Å²) in [6, 6.07) is 10.3. The molecule has 2 aromatic heterocycles. The monoisotopic (exact) mass is 502 g/mol. The van der Waals surface area contributed by atoms with Gasteiger partial charge >= 0.3 is 0 Å². The topological polar surface area (TPSA) is 76.1 Å². The normalized spacial score (nSPS) is 32.0. The molecule has 4 fully saturated rings. The average molecular weight is 503 g/mol. The van der Waals surface area contributed by atoms with E-state index in [1.54, 1.807) is 30.7 Å². The van der Waals surface area contributed by atoms with E-state index >= 15 is 0 Å². The van der Waals surface area contributed by atoms with Gasteiger partial charge in [-0.25, -0.2) is 13.8 Å². The zero-order chi connectivity index (χ0) is 24.9. The highest BCUT2D eigenvalue weighted by molar-refractivity contribution is 5.75. The lowest BCUT2D eigenvalue weighted by atomic mass is 9.46. The van der Waals surface area contributed by atoms with Crippen LogP contribution in [-0.4, -0.2) is 31.8 Å². The second-order valence-corrected chi connectivity index (χ2v) is 11.8. The second-order valence-electron chi connectivity index (χ2n) is 11.8. The number of aromatic nitrogens is 3. The number of nitrogens with zero attached hydrogens (tertiary/aromatic N) is 3. The van der Waals surface area contributed by atoms with Crippen molar-refractivity contribution in [1.82, 2.24) is 14.5 Å². The molecule has 2 N–H and O–H groups in total. The summed E-state index contributed by atoms with van der Waals surface area (Å²) in [6.07, 6.45) is 8.57. The number of benzene rings is 2. The fraction of sp³-hybridized carbons (Fsp3) is 0.448. The van der Waals surface area contributed by atoms with Crippen LogP contribution in [0.3, 0.4) is 0 Å². The molecule has 4 bridgehead atoms. The van der Waals surface area contributed by atoms with Gasteiger partial charge in [0.15, 0.2) is 11.4 Å². The van der Waals surface area contributed by atoms with E-state index in [9.17, 15) is 13.9 Å². The fourth-order valence-corrected chi connectivity index (χ4v) is 8.54. The van der Waals surface area contributed by atoms with Crippen LogP contribution in [0.15, 0.2) is 53.3 Å². The molecule has 0 amide bonds. The third-order valence-electron chi connectivity index (χ3n) is 9.80. The van der Waals surface area contributed by atoms with Gasteiger partial charge in [0, 0.05) is 17.2 Å². The number of nitrogens with one attached hydrogen (secondary N) is 1. The summed E-state index contributed by atoms with van der Waals surface area (Å²) >= 11 is 0. The van der Waals surface area contributed by atoms with Gasteiger partial charge in [-0.05, 0) is 79.9 Å². The molecule has 190 valence electrons. The Bertz CT molecular complexity index is 1510. The largest absolute Gasteiger partial charge is 0.423 e. The standard InChI is InChI=1S/C29H28F2N4O2/c30-19-4-1-3-18-22-13-32-14-35(22)21(25(18)19)9-24(36)29-10-15-7-16(11-29)26(17(8-15)12-29)33-28-34-27-20(31)5-2-6-23(27)37-28/h1-6,13-17,21,24,26,36H,7-12H2,(H,33,34). The number of rotatable bonds is 5. The molecule has 37 heavy (non-hydrogen) atoms. The number of aliphatic hydroxyl groups is 1. The molecule has 4 aromatic rings. The fourth-order valence-electron chi connectivity index (χ4n) is 8.54. The van der Waals surface area contributed by atoms with Crippen LogP contribution in [0.1, 0.15) is 50.1 Å². The van der Waals surface area contributed by atoms with Crippen LogP contribution in [0.2, 0.25) is 0 Å². The summed E-state index contributed by atoms with van der Waals surface area (Å²) in [4.78, 5) is 8.69. The lowest BCUT2D eigenvalue weighted by molar-refractivity contribution is -0.129. The van der Waals surface area contributed by atoms with Crippen LogP contribution < -0.4 is 5.32 Å². The van der Waals surface area contributed by atoms with E-state index in [1.165, 1.54) is 12.1 Å². The van der Waals surface area contributed by atoms with Crippen molar-refractivity contribution in [3.63, 3.8) is 0 Å². The molecule has 1 aliphatic heterocycles. The molecule has 4 atom stereocenters. The van der Waals surface area contributed by atoms with Gasteiger partial charge in [-0.3, -0.25) is 0 Å². The van der Waals surface area contributed by atoms with Crippen molar-refractivity contribution >= 4 is 17.1 Å². The number of oxazole rings is 1. The second kappa shape index (κ2) is 7.63. The lowest BCUT2D eigenvalue weighted by Crippen LogP contribution is -2.59. The molecule has 9 rings (SSSR count). The minimum absolute atomic E-state index is 0.170. The van der Waals surface area contributed by atoms with Crippen molar-refractivity contribution in [3.05, 3.63) is 66.1 Å². The van der Waals surface area contributed by atoms with E-state index in [4.69, 9.17) is 4.42 Å². The Hall–Kier alpha value is -3.26. The maximum atomic E-state index is 15.0. The minimum atomic E-state index is -0.536. The summed E-state index contributed by atoms with van der Waals surface area (Å²) < 4.78 is 37.0. The molecule has 0 radical (unpaired) electrons. The van der Waals surface area contributed by atoms with Gasteiger partial charge in [0.2, 0.25) is 0 Å². The first-order valence-electron chi connectivity index (χ1n) is 13.3. The number of imidazole rings is 1. The Balaban J connectivity index is 1.06. The summed E-state index contributed by atoms with van der Waals surface area (Å²) in [5.41, 5.74) is 2.99. The van der Waals surface area contributed by atoms with Gasteiger partial charge < -0.3 is 19.4 Å². The van der Waals surface area contributed by atoms with Crippen LogP contribution in [0.4, 0.5) is 14.8 Å². The molecule has 4 aliphatic carbocycles. The van der Waals surface area contributed by atoms with Crippen molar-refractivity contribution in [3.8, 4) is 11.3 Å². The van der Waals surface area contributed by atoms with Gasteiger partial charge in [0.05, 0.1) is 30.4 Å². The SMILES string of the molecule is OC(CC1c2c(F)cccc2-c2cncn21)C12CC3CC(C1)C(Nc1nc4c(F)cccc4o1)C(C3)C2. The van der Waals surface area contributed by atoms with Crippen LogP contribution in [-0.2, 0) is 0 Å². The summed E-state index contributed by atoms with van der Waals surface area (Å²) in [7, 11) is 0. The molecule has 2 aromatic carbocycles. The predicted octanol–water partition coefficient (Wildman–Crippen LogP) is 5.93. The first-order valence-corrected chi connectivity index (χ1v) is 13.3. The number of hydrogen-bond acceptors (Lipinski definition) is 5. The first-order chi connectivity index (χ1) is 18.0. The molecular weight excluding hydrogens is 474 g/mol. The number of para-hydroxylation sites is 1. The highest BCUT2D eigenvalue weighted by Crippen LogP contribution is 2.63. The molecule has 8 heteroatoms. The molecule has 4 unspecified atom stereocenters. The molecule has 5 aliphatic rings. The van der Waals surface area contributed by atoms with Gasteiger partial charge in [0.1, 0.15) is 11.3 Å². The number of aliphatic hydroxyl groups excluding tert-OH is 1. The lowest BCUT2D eigenvalue weighted by Gasteiger charge is -2.61. The Morgan fingerprint density at radius 2 is 1.86 bits per heavy atom. The van der Waals surface area contributed by atoms with Crippen molar-refractivity contribution in [2.45, 2.75) is 56.7 Å². The molecular formula is C29H28F2N4O2. The van der Waals surface area contributed by atoms with E-state index in [1.807, 2.05) is 10.6 Å². The quantitative estimate of drug-likeness (QED) is 0.354. The highest BCUT2D eigenvalue weighted by atomic mass is 19.1. The zero-order valence-electron chi connectivity index (χ0n) is 20.3. The number of anilines is 1. The van der Waals surface area contributed by atoms with Crippen molar-refractivity contribution in [2.24, 2.45) is 23.2 Å². The van der Waals surface area contributed by atoms with Gasteiger partial charge in [-0.2, -0.15) is 4.98 Å². The Labute approximate surface area is 212 Å². The summed E-state index contributed by atoms with van der Waals surface area (Å²) in [6.45, 7) is 0. The van der Waals surface area contributed by atoms with E-state index < -0.39 is 6.10 Å². The third kappa shape index (κ3) is 3.11. The van der Waals surface area contributed by atoms with E-state index in [0.29, 0.717) is 41.3 Å². The number of hydrogen-bond donors (Lipinski definition) is 2. The predicted molar refractivity (Wildman–Crippen MR) is 134 cm³/mol. The smallest absolute Gasteiger partial charge is 0.296 e. The van der Waals surface area contributed by atoms with Crippen molar-refractivity contribution in [1.29, 1.82) is 0 Å². The van der Waals surface area contributed by atoms with Gasteiger partial charge in [0.25, 0.3) is 6.01 Å². The first kappa shape index (κ1) is 21.8. The molecule has 4 saturated carbocycles. The maximum Gasteiger partial charge on any atom is 0.296 e. The van der Waals surface area contributed by atoms with Crippen molar-refractivity contribution < 1.29 is 18.3 Å². The number of halogens is 2. The summed E-state index contributed by atoms with van der Waals surface area (Å²) in [5.74, 6) is 0.757. The summed E-state index contributed by atoms with van der Waals surface area (Å²) in [5, 5.41) is 15.3. The number of fused-ring (bicyclic) bond motifs is 4. The van der Waals surface area contributed by atoms with Crippen LogP contribution in [0.5, 0.6) is 0 Å². The van der Waals surface area contributed by atoms with Crippen molar-refractivity contribution in [2.75, 3.05) is 5.32 Å². The zero-order valence-corrected chi connectivity index (χ0v) is 20.3. The average Bonchev–Trinajstić information content (AvgIpc) is 3.58. The Morgan fingerprint density at radius 3 is 2.68 bits per heavy atom. The van der Waals surface area contributed by atoms with Crippen LogP contribution in [0, 0.1) is 34.8 Å². The van der Waals surface area contributed by atoms with E-state index in [-0.39, 0.29) is 34.6 Å². The molecule has 0 saturated heterocycles. The highest BCUT2D eigenvalue weighted by Gasteiger charge is 2.58. The minimum Gasteiger partial charge on any atom is -0.423 e.